The molecule has 0 spiro atoms. The monoisotopic (exact) mass is 261 g/mol. The molecule has 0 saturated carbocycles. The number of hydrogen-bond acceptors (Lipinski definition) is 0. The Morgan fingerprint density at radius 3 is 2.30 bits per heavy atom. The summed E-state index contributed by atoms with van der Waals surface area (Å²) >= 11 is 0. The van der Waals surface area contributed by atoms with E-state index in [9.17, 15) is 0 Å². The zero-order chi connectivity index (χ0) is 13.8. The SMILES string of the molecule is CCCCCCc1[c]cc2cc3ccccc3cc2c1. The third kappa shape index (κ3) is 2.85. The summed E-state index contributed by atoms with van der Waals surface area (Å²) < 4.78 is 0. The Hall–Kier alpha value is -1.82. The molecule has 0 heteroatoms. The molecule has 0 heterocycles. The lowest BCUT2D eigenvalue weighted by Gasteiger charge is -2.05. The van der Waals surface area contributed by atoms with E-state index in [0.29, 0.717) is 0 Å². The topological polar surface area (TPSA) is 0 Å². The van der Waals surface area contributed by atoms with Crippen molar-refractivity contribution >= 4 is 21.5 Å². The van der Waals surface area contributed by atoms with Crippen LogP contribution in [0.15, 0.2) is 48.5 Å². The molecule has 0 aliphatic rings. The lowest BCUT2D eigenvalue weighted by molar-refractivity contribution is 0.667. The van der Waals surface area contributed by atoms with Gasteiger partial charge in [0.25, 0.3) is 0 Å². The van der Waals surface area contributed by atoms with Crippen LogP contribution in [0, 0.1) is 6.07 Å². The first-order valence-electron chi connectivity index (χ1n) is 7.70. The Morgan fingerprint density at radius 1 is 0.800 bits per heavy atom. The molecule has 101 valence electrons. The molecule has 0 bridgehead atoms. The normalized spacial score (nSPS) is 11.2. The minimum absolute atomic E-state index is 1.16. The van der Waals surface area contributed by atoms with Gasteiger partial charge in [0.1, 0.15) is 0 Å². The van der Waals surface area contributed by atoms with Gasteiger partial charge in [0.2, 0.25) is 0 Å². The number of hydrogen-bond donors (Lipinski definition) is 0. The van der Waals surface area contributed by atoms with Crippen molar-refractivity contribution in [3.8, 4) is 0 Å². The zero-order valence-corrected chi connectivity index (χ0v) is 12.2. The van der Waals surface area contributed by atoms with Crippen LogP contribution in [0.3, 0.4) is 0 Å². The maximum Gasteiger partial charge on any atom is -0.0143 e. The largest absolute Gasteiger partial charge is 0.0654 e. The fourth-order valence-electron chi connectivity index (χ4n) is 2.81. The first kappa shape index (κ1) is 13.2. The highest BCUT2D eigenvalue weighted by molar-refractivity contribution is 5.98. The minimum atomic E-state index is 1.16. The van der Waals surface area contributed by atoms with Crippen molar-refractivity contribution in [3.05, 3.63) is 60.2 Å². The number of fused-ring (bicyclic) bond motifs is 2. The van der Waals surface area contributed by atoms with E-state index in [4.69, 9.17) is 0 Å². The third-order valence-electron chi connectivity index (χ3n) is 3.99. The van der Waals surface area contributed by atoms with Crippen LogP contribution in [0.4, 0.5) is 0 Å². The van der Waals surface area contributed by atoms with Gasteiger partial charge in [-0.1, -0.05) is 56.5 Å². The van der Waals surface area contributed by atoms with Crippen LogP contribution >= 0.6 is 0 Å². The number of unbranched alkanes of at least 4 members (excludes halogenated alkanes) is 3. The molecule has 0 unspecified atom stereocenters. The lowest BCUT2D eigenvalue weighted by Crippen LogP contribution is -1.87. The van der Waals surface area contributed by atoms with Gasteiger partial charge in [-0.2, -0.15) is 0 Å². The predicted molar refractivity (Wildman–Crippen MR) is 88.1 cm³/mol. The molecular formula is C20H21. The average molecular weight is 261 g/mol. The minimum Gasteiger partial charge on any atom is -0.0654 e. The number of rotatable bonds is 5. The quantitative estimate of drug-likeness (QED) is 0.395. The van der Waals surface area contributed by atoms with Crippen LogP contribution in [0.25, 0.3) is 21.5 Å². The molecule has 0 atom stereocenters. The van der Waals surface area contributed by atoms with E-state index in [1.807, 2.05) is 0 Å². The van der Waals surface area contributed by atoms with Gasteiger partial charge in [-0.25, -0.2) is 0 Å². The van der Waals surface area contributed by atoms with Gasteiger partial charge in [-0.3, -0.25) is 0 Å². The van der Waals surface area contributed by atoms with E-state index in [1.54, 1.807) is 0 Å². The molecule has 0 saturated heterocycles. The third-order valence-corrected chi connectivity index (χ3v) is 3.99. The second-order valence-corrected chi connectivity index (χ2v) is 5.60. The Bertz CT molecular complexity index is 709. The summed E-state index contributed by atoms with van der Waals surface area (Å²) in [6.07, 6.45) is 6.41. The highest BCUT2D eigenvalue weighted by atomic mass is 14.0. The molecule has 3 rings (SSSR count). The molecule has 3 aromatic carbocycles. The first-order chi connectivity index (χ1) is 9.86. The van der Waals surface area contributed by atoms with Gasteiger partial charge in [-0.05, 0) is 64.2 Å². The smallest absolute Gasteiger partial charge is 0.0143 e. The molecule has 0 aliphatic heterocycles. The number of benzene rings is 3. The van der Waals surface area contributed by atoms with Crippen molar-refractivity contribution in [2.75, 3.05) is 0 Å². The van der Waals surface area contributed by atoms with Crippen molar-refractivity contribution < 1.29 is 0 Å². The molecule has 0 aromatic heterocycles. The fraction of sp³-hybridized carbons (Fsp3) is 0.300. The summed E-state index contributed by atoms with van der Waals surface area (Å²) in [5, 5.41) is 5.26. The highest BCUT2D eigenvalue weighted by Crippen LogP contribution is 2.24. The molecule has 0 nitrogen and oxygen atoms in total. The zero-order valence-electron chi connectivity index (χ0n) is 12.2. The van der Waals surface area contributed by atoms with Gasteiger partial charge >= 0.3 is 0 Å². The molecule has 0 amide bonds. The molecule has 0 aliphatic carbocycles. The van der Waals surface area contributed by atoms with Crippen LogP contribution < -0.4 is 0 Å². The van der Waals surface area contributed by atoms with Gasteiger partial charge in [-0.15, -0.1) is 0 Å². The van der Waals surface area contributed by atoms with Crippen LogP contribution in [-0.2, 0) is 6.42 Å². The molecule has 1 radical (unpaired) electrons. The summed E-state index contributed by atoms with van der Waals surface area (Å²) in [6, 6.07) is 21.0. The molecule has 0 N–H and O–H groups in total. The fourth-order valence-corrected chi connectivity index (χ4v) is 2.81. The van der Waals surface area contributed by atoms with Crippen molar-refractivity contribution in [3.63, 3.8) is 0 Å². The maximum absolute atomic E-state index is 3.45. The van der Waals surface area contributed by atoms with Crippen LogP contribution in [0.1, 0.15) is 38.2 Å². The standard InChI is InChI=1S/C20H21/c1-2-3-4-5-8-16-11-12-19-14-17-9-6-7-10-18(17)15-20(19)13-16/h6-7,9-10,12-15H,2-5,8H2,1H3. The maximum atomic E-state index is 3.45. The molecular weight excluding hydrogens is 240 g/mol. The Balaban J connectivity index is 1.88. The Morgan fingerprint density at radius 2 is 1.55 bits per heavy atom. The Kier molecular flexibility index (Phi) is 4.01. The van der Waals surface area contributed by atoms with Crippen molar-refractivity contribution in [1.82, 2.24) is 0 Å². The second-order valence-electron chi connectivity index (χ2n) is 5.60. The van der Waals surface area contributed by atoms with Gasteiger partial charge < -0.3 is 0 Å². The van der Waals surface area contributed by atoms with E-state index >= 15 is 0 Å². The van der Waals surface area contributed by atoms with Gasteiger partial charge in [0.05, 0.1) is 0 Å². The first-order valence-corrected chi connectivity index (χ1v) is 7.70. The number of aryl methyl sites for hydroxylation is 1. The summed E-state index contributed by atoms with van der Waals surface area (Å²) in [5.74, 6) is 0. The highest BCUT2D eigenvalue weighted by Gasteiger charge is 2.00. The van der Waals surface area contributed by atoms with E-state index in [1.165, 1.54) is 52.8 Å². The van der Waals surface area contributed by atoms with Crippen LogP contribution in [0.2, 0.25) is 0 Å². The van der Waals surface area contributed by atoms with Gasteiger partial charge in [0, 0.05) is 0 Å². The summed E-state index contributed by atoms with van der Waals surface area (Å²) in [4.78, 5) is 0. The molecule has 0 fully saturated rings. The van der Waals surface area contributed by atoms with E-state index in [2.05, 4.69) is 61.5 Å². The van der Waals surface area contributed by atoms with Gasteiger partial charge in [0.15, 0.2) is 0 Å². The molecule has 20 heavy (non-hydrogen) atoms. The summed E-state index contributed by atoms with van der Waals surface area (Å²) in [6.45, 7) is 2.26. The summed E-state index contributed by atoms with van der Waals surface area (Å²) in [5.41, 5.74) is 1.35. The van der Waals surface area contributed by atoms with Crippen molar-refractivity contribution in [1.29, 1.82) is 0 Å². The van der Waals surface area contributed by atoms with E-state index in [-0.39, 0.29) is 0 Å². The van der Waals surface area contributed by atoms with E-state index in [0.717, 1.165) is 6.42 Å². The van der Waals surface area contributed by atoms with Crippen molar-refractivity contribution in [2.45, 2.75) is 39.0 Å². The van der Waals surface area contributed by atoms with E-state index < -0.39 is 0 Å². The van der Waals surface area contributed by atoms with Crippen LogP contribution in [0.5, 0.6) is 0 Å². The Labute approximate surface area is 121 Å². The molecule has 3 aromatic rings. The summed E-state index contributed by atoms with van der Waals surface area (Å²) in [7, 11) is 0. The second kappa shape index (κ2) is 6.09. The lowest BCUT2D eigenvalue weighted by atomic mass is 9.99. The predicted octanol–water partition coefficient (Wildman–Crippen LogP) is 5.92. The van der Waals surface area contributed by atoms with Crippen molar-refractivity contribution in [2.24, 2.45) is 0 Å². The van der Waals surface area contributed by atoms with Crippen LogP contribution in [-0.4, -0.2) is 0 Å². The average Bonchev–Trinajstić information content (AvgIpc) is 2.49.